The highest BCUT2D eigenvalue weighted by Gasteiger charge is 2.05. The van der Waals surface area contributed by atoms with E-state index in [0.717, 1.165) is 10.6 Å². The van der Waals surface area contributed by atoms with E-state index < -0.39 is 0 Å². The molecule has 0 saturated carbocycles. The first-order valence-electron chi connectivity index (χ1n) is 5.19. The minimum atomic E-state index is -0.106. The van der Waals surface area contributed by atoms with E-state index >= 15 is 0 Å². The Labute approximate surface area is 103 Å². The molecule has 0 spiro atoms. The molecule has 0 aromatic carbocycles. The van der Waals surface area contributed by atoms with Crippen LogP contribution in [0, 0.1) is 6.92 Å². The van der Waals surface area contributed by atoms with Crippen molar-refractivity contribution in [3.63, 3.8) is 0 Å². The van der Waals surface area contributed by atoms with Crippen LogP contribution in [0.4, 0.5) is 5.13 Å². The Morgan fingerprint density at radius 3 is 3.12 bits per heavy atom. The van der Waals surface area contributed by atoms with Gasteiger partial charge in [-0.3, -0.25) is 4.79 Å². The first-order valence-corrected chi connectivity index (χ1v) is 6.01. The number of amides is 1. The van der Waals surface area contributed by atoms with E-state index in [-0.39, 0.29) is 12.5 Å². The van der Waals surface area contributed by atoms with Crippen molar-refractivity contribution in [2.45, 2.75) is 13.5 Å². The van der Waals surface area contributed by atoms with Crippen molar-refractivity contribution in [2.75, 3.05) is 11.9 Å². The molecule has 0 unspecified atom stereocenters. The summed E-state index contributed by atoms with van der Waals surface area (Å²) in [7, 11) is 0. The molecule has 1 amide bonds. The predicted molar refractivity (Wildman–Crippen MR) is 65.9 cm³/mol. The predicted octanol–water partition coefficient (Wildman–Crippen LogP) is 1.77. The van der Waals surface area contributed by atoms with Crippen molar-refractivity contribution in [1.29, 1.82) is 0 Å². The third-order valence-electron chi connectivity index (χ3n) is 2.03. The lowest BCUT2D eigenvalue weighted by Crippen LogP contribution is -2.27. The van der Waals surface area contributed by atoms with E-state index in [2.05, 4.69) is 15.6 Å². The summed E-state index contributed by atoms with van der Waals surface area (Å²) in [5.41, 5.74) is 0. The fourth-order valence-electron chi connectivity index (χ4n) is 1.29. The summed E-state index contributed by atoms with van der Waals surface area (Å²) in [6.07, 6.45) is 3.34. The molecular formula is C11H13N3O2S. The number of anilines is 1. The number of aryl methyl sites for hydroxylation is 1. The van der Waals surface area contributed by atoms with Crippen molar-refractivity contribution >= 4 is 22.4 Å². The molecule has 90 valence electrons. The lowest BCUT2D eigenvalue weighted by atomic mass is 10.4. The molecule has 0 atom stereocenters. The number of carbonyl (C=O) groups excluding carboxylic acids is 1. The molecule has 2 aromatic rings. The van der Waals surface area contributed by atoms with Crippen molar-refractivity contribution in [3.05, 3.63) is 35.2 Å². The van der Waals surface area contributed by atoms with Crippen LogP contribution in [-0.4, -0.2) is 17.4 Å². The smallest absolute Gasteiger partial charge is 0.240 e. The largest absolute Gasteiger partial charge is 0.468 e. The maximum absolute atomic E-state index is 11.5. The average Bonchev–Trinajstić information content (AvgIpc) is 2.90. The molecule has 0 aliphatic rings. The molecule has 0 radical (unpaired) electrons. The highest BCUT2D eigenvalue weighted by atomic mass is 32.1. The maximum atomic E-state index is 11.5. The van der Waals surface area contributed by atoms with Gasteiger partial charge in [-0.05, 0) is 19.1 Å². The fourth-order valence-corrected chi connectivity index (χ4v) is 1.97. The van der Waals surface area contributed by atoms with E-state index in [1.54, 1.807) is 12.5 Å². The lowest BCUT2D eigenvalue weighted by Gasteiger charge is -2.02. The van der Waals surface area contributed by atoms with Crippen LogP contribution < -0.4 is 10.6 Å². The van der Waals surface area contributed by atoms with Gasteiger partial charge in [-0.1, -0.05) is 0 Å². The quantitative estimate of drug-likeness (QED) is 0.850. The summed E-state index contributed by atoms with van der Waals surface area (Å²) in [6.45, 7) is 2.72. The second-order valence-corrected chi connectivity index (χ2v) is 4.74. The Balaban J connectivity index is 1.71. The zero-order valence-electron chi connectivity index (χ0n) is 9.40. The number of hydrogen-bond donors (Lipinski definition) is 2. The average molecular weight is 251 g/mol. The van der Waals surface area contributed by atoms with Crippen molar-refractivity contribution in [2.24, 2.45) is 0 Å². The molecule has 17 heavy (non-hydrogen) atoms. The lowest BCUT2D eigenvalue weighted by molar-refractivity contribution is -0.115. The van der Waals surface area contributed by atoms with Crippen LogP contribution >= 0.6 is 11.3 Å². The topological polar surface area (TPSA) is 67.2 Å². The summed E-state index contributed by atoms with van der Waals surface area (Å²) < 4.78 is 5.13. The molecule has 0 aliphatic carbocycles. The highest BCUT2D eigenvalue weighted by Crippen LogP contribution is 2.15. The van der Waals surface area contributed by atoms with Crippen LogP contribution in [0.15, 0.2) is 29.0 Å². The van der Waals surface area contributed by atoms with Crippen LogP contribution in [0.25, 0.3) is 0 Å². The van der Waals surface area contributed by atoms with Crippen LogP contribution in [0.5, 0.6) is 0 Å². The van der Waals surface area contributed by atoms with Crippen molar-refractivity contribution < 1.29 is 9.21 Å². The van der Waals surface area contributed by atoms with Gasteiger partial charge < -0.3 is 15.1 Å². The third kappa shape index (κ3) is 3.69. The van der Waals surface area contributed by atoms with Gasteiger partial charge in [0.15, 0.2) is 5.13 Å². The van der Waals surface area contributed by atoms with Gasteiger partial charge in [0, 0.05) is 11.1 Å². The second-order valence-electron chi connectivity index (χ2n) is 3.51. The SMILES string of the molecule is Cc1cnc(NC(=O)CNCc2ccco2)s1. The third-order valence-corrected chi connectivity index (χ3v) is 2.86. The molecule has 0 bridgehead atoms. The molecule has 2 rings (SSSR count). The molecule has 2 heterocycles. The Morgan fingerprint density at radius 1 is 1.59 bits per heavy atom. The maximum Gasteiger partial charge on any atom is 0.240 e. The van der Waals surface area contributed by atoms with E-state index in [1.807, 2.05) is 19.1 Å². The molecular weight excluding hydrogens is 238 g/mol. The molecule has 2 N–H and O–H groups in total. The number of nitrogens with one attached hydrogen (secondary N) is 2. The monoisotopic (exact) mass is 251 g/mol. The normalized spacial score (nSPS) is 10.4. The molecule has 0 fully saturated rings. The molecule has 5 nitrogen and oxygen atoms in total. The molecule has 2 aromatic heterocycles. The van der Waals surface area contributed by atoms with Crippen LogP contribution in [-0.2, 0) is 11.3 Å². The number of thiazole rings is 1. The van der Waals surface area contributed by atoms with E-state index in [0.29, 0.717) is 11.7 Å². The summed E-state index contributed by atoms with van der Waals surface area (Å²) in [5, 5.41) is 6.34. The highest BCUT2D eigenvalue weighted by molar-refractivity contribution is 7.15. The van der Waals surface area contributed by atoms with Crippen molar-refractivity contribution in [3.8, 4) is 0 Å². The minimum absolute atomic E-state index is 0.106. The summed E-state index contributed by atoms with van der Waals surface area (Å²) in [5.74, 6) is 0.703. The first kappa shape index (κ1) is 11.8. The summed E-state index contributed by atoms with van der Waals surface area (Å²) in [4.78, 5) is 16.6. The Morgan fingerprint density at radius 2 is 2.47 bits per heavy atom. The van der Waals surface area contributed by atoms with Gasteiger partial charge in [0.1, 0.15) is 5.76 Å². The van der Waals surface area contributed by atoms with Gasteiger partial charge in [0.2, 0.25) is 5.91 Å². The van der Waals surface area contributed by atoms with Gasteiger partial charge in [-0.2, -0.15) is 0 Å². The zero-order valence-corrected chi connectivity index (χ0v) is 10.2. The van der Waals surface area contributed by atoms with Crippen LogP contribution in [0.2, 0.25) is 0 Å². The van der Waals surface area contributed by atoms with Crippen molar-refractivity contribution in [1.82, 2.24) is 10.3 Å². The number of aromatic nitrogens is 1. The standard InChI is InChI=1S/C11H13N3O2S/c1-8-5-13-11(17-8)14-10(15)7-12-6-9-3-2-4-16-9/h2-5,12H,6-7H2,1H3,(H,13,14,15). The number of hydrogen-bond acceptors (Lipinski definition) is 5. The van der Waals surface area contributed by atoms with E-state index in [4.69, 9.17) is 4.42 Å². The zero-order chi connectivity index (χ0) is 12.1. The van der Waals surface area contributed by atoms with Crippen LogP contribution in [0.3, 0.4) is 0 Å². The van der Waals surface area contributed by atoms with E-state index in [1.165, 1.54) is 11.3 Å². The molecule has 0 saturated heterocycles. The Bertz CT molecular complexity index is 479. The first-order chi connectivity index (χ1) is 8.24. The Kier molecular flexibility index (Phi) is 3.89. The summed E-state index contributed by atoms with van der Waals surface area (Å²) >= 11 is 1.46. The molecule has 6 heteroatoms. The Hall–Kier alpha value is -1.66. The van der Waals surface area contributed by atoms with Crippen LogP contribution in [0.1, 0.15) is 10.6 Å². The second kappa shape index (κ2) is 5.60. The van der Waals surface area contributed by atoms with Gasteiger partial charge in [-0.25, -0.2) is 4.98 Å². The summed E-state index contributed by atoms with van der Waals surface area (Å²) in [6, 6.07) is 3.67. The number of carbonyl (C=O) groups is 1. The number of nitrogens with zero attached hydrogens (tertiary/aromatic N) is 1. The van der Waals surface area contributed by atoms with E-state index in [9.17, 15) is 4.79 Å². The van der Waals surface area contributed by atoms with Gasteiger partial charge in [0.25, 0.3) is 0 Å². The number of furan rings is 1. The van der Waals surface area contributed by atoms with Gasteiger partial charge >= 0.3 is 0 Å². The molecule has 0 aliphatic heterocycles. The van der Waals surface area contributed by atoms with Gasteiger partial charge in [-0.15, -0.1) is 11.3 Å². The fraction of sp³-hybridized carbons (Fsp3) is 0.273. The number of rotatable bonds is 5. The van der Waals surface area contributed by atoms with Gasteiger partial charge in [0.05, 0.1) is 19.4 Å². The minimum Gasteiger partial charge on any atom is -0.468 e.